The van der Waals surface area contributed by atoms with Gasteiger partial charge in [0.25, 0.3) is 0 Å². The molecule has 112 valence electrons. The summed E-state index contributed by atoms with van der Waals surface area (Å²) in [6.45, 7) is 13.7. The Morgan fingerprint density at radius 1 is 0.952 bits per heavy atom. The van der Waals surface area contributed by atoms with Gasteiger partial charge >= 0.3 is 0 Å². The van der Waals surface area contributed by atoms with Gasteiger partial charge in [-0.1, -0.05) is 32.9 Å². The number of anilines is 1. The second kappa shape index (κ2) is 4.36. The normalized spacial score (nSPS) is 18.4. The molecule has 3 heteroatoms. The van der Waals surface area contributed by atoms with E-state index in [4.69, 9.17) is 0 Å². The van der Waals surface area contributed by atoms with E-state index in [0.717, 1.165) is 5.82 Å². The van der Waals surface area contributed by atoms with Gasteiger partial charge < -0.3 is 4.90 Å². The van der Waals surface area contributed by atoms with Crippen molar-refractivity contribution in [2.75, 3.05) is 4.90 Å². The van der Waals surface area contributed by atoms with Crippen molar-refractivity contribution in [2.24, 2.45) is 5.41 Å². The summed E-state index contributed by atoms with van der Waals surface area (Å²) in [5.41, 5.74) is 2.64. The molecule has 0 saturated heterocycles. The molecule has 3 nitrogen and oxygen atoms in total. The second-order valence-electron chi connectivity index (χ2n) is 7.95. The third-order valence-electron chi connectivity index (χ3n) is 4.12. The predicted molar refractivity (Wildman–Crippen MR) is 88.0 cm³/mol. The van der Waals surface area contributed by atoms with E-state index in [1.165, 1.54) is 11.4 Å². The summed E-state index contributed by atoms with van der Waals surface area (Å²) in [5.74, 6) is 1.14. The lowest BCUT2D eigenvalue weighted by Gasteiger charge is -2.51. The fraction of sp³-hybridized carbons (Fsp3) is 0.500. The first-order valence-electron chi connectivity index (χ1n) is 7.63. The van der Waals surface area contributed by atoms with Crippen molar-refractivity contribution in [3.63, 3.8) is 0 Å². The molecule has 21 heavy (non-hydrogen) atoms. The number of para-hydroxylation sites is 2. The SMILES string of the molecule is CC(C)(C)C1c2nccn2-c2ccccc2N1C(C)(C)C. The highest BCUT2D eigenvalue weighted by atomic mass is 15.3. The summed E-state index contributed by atoms with van der Waals surface area (Å²) in [6, 6.07) is 8.88. The largest absolute Gasteiger partial charge is 0.354 e. The van der Waals surface area contributed by atoms with Crippen LogP contribution >= 0.6 is 0 Å². The molecule has 0 aliphatic carbocycles. The molecule has 2 heterocycles. The third kappa shape index (κ3) is 2.15. The first-order chi connectivity index (χ1) is 9.71. The van der Waals surface area contributed by atoms with Crippen LogP contribution in [0.5, 0.6) is 0 Å². The highest BCUT2D eigenvalue weighted by molar-refractivity contribution is 5.68. The monoisotopic (exact) mass is 283 g/mol. The summed E-state index contributed by atoms with van der Waals surface area (Å²) in [5, 5.41) is 0. The molecule has 0 amide bonds. The highest BCUT2D eigenvalue weighted by Crippen LogP contribution is 2.48. The Balaban J connectivity index is 2.32. The standard InChI is InChI=1S/C18H25N3/c1-17(2,3)15-16-19-11-12-20(16)13-9-7-8-10-14(13)21(15)18(4,5)6/h7-12,15H,1-6H3. The number of rotatable bonds is 0. The van der Waals surface area contributed by atoms with Crippen LogP contribution in [0.25, 0.3) is 5.69 Å². The Hall–Kier alpha value is -1.77. The number of benzene rings is 1. The zero-order chi connectivity index (χ0) is 15.4. The van der Waals surface area contributed by atoms with Crippen molar-refractivity contribution in [3.8, 4) is 5.69 Å². The lowest BCUT2D eigenvalue weighted by Crippen LogP contribution is -2.51. The molecule has 0 saturated carbocycles. The van der Waals surface area contributed by atoms with Gasteiger partial charge in [0.2, 0.25) is 0 Å². The first kappa shape index (κ1) is 14.2. The van der Waals surface area contributed by atoms with Crippen LogP contribution in [0.2, 0.25) is 0 Å². The maximum absolute atomic E-state index is 4.69. The summed E-state index contributed by atoms with van der Waals surface area (Å²) in [6.07, 6.45) is 3.99. The van der Waals surface area contributed by atoms with Crippen LogP contribution in [0, 0.1) is 5.41 Å². The molecule has 1 aromatic heterocycles. The zero-order valence-electron chi connectivity index (χ0n) is 13.9. The van der Waals surface area contributed by atoms with Crippen molar-refractivity contribution in [2.45, 2.75) is 53.1 Å². The second-order valence-corrected chi connectivity index (χ2v) is 7.95. The van der Waals surface area contributed by atoms with Crippen LogP contribution in [-0.2, 0) is 0 Å². The summed E-state index contributed by atoms with van der Waals surface area (Å²) in [4.78, 5) is 7.22. The van der Waals surface area contributed by atoms with Gasteiger partial charge in [-0.2, -0.15) is 0 Å². The van der Waals surface area contributed by atoms with E-state index < -0.39 is 0 Å². The van der Waals surface area contributed by atoms with E-state index in [1.54, 1.807) is 0 Å². The molecule has 1 atom stereocenters. The Labute approximate surface area is 127 Å². The van der Waals surface area contributed by atoms with Gasteiger partial charge in [-0.05, 0) is 38.3 Å². The minimum absolute atomic E-state index is 0.0330. The van der Waals surface area contributed by atoms with Crippen molar-refractivity contribution in [1.82, 2.24) is 9.55 Å². The molecule has 1 aliphatic rings. The lowest BCUT2D eigenvalue weighted by molar-refractivity contribution is 0.253. The molecular weight excluding hydrogens is 258 g/mol. The Morgan fingerprint density at radius 2 is 1.57 bits per heavy atom. The van der Waals surface area contributed by atoms with Crippen molar-refractivity contribution in [3.05, 3.63) is 42.5 Å². The van der Waals surface area contributed by atoms with E-state index in [-0.39, 0.29) is 17.0 Å². The summed E-state index contributed by atoms with van der Waals surface area (Å²) >= 11 is 0. The average molecular weight is 283 g/mol. The van der Waals surface area contributed by atoms with Crippen LogP contribution in [-0.4, -0.2) is 15.1 Å². The van der Waals surface area contributed by atoms with Crippen molar-refractivity contribution >= 4 is 5.69 Å². The smallest absolute Gasteiger partial charge is 0.136 e. The van der Waals surface area contributed by atoms with Crippen LogP contribution < -0.4 is 4.90 Å². The molecule has 1 unspecified atom stereocenters. The van der Waals surface area contributed by atoms with Gasteiger partial charge in [0.1, 0.15) is 5.82 Å². The van der Waals surface area contributed by atoms with Crippen LogP contribution in [0.15, 0.2) is 36.7 Å². The average Bonchev–Trinajstić information content (AvgIpc) is 2.83. The Bertz CT molecular complexity index is 656. The molecule has 0 spiro atoms. The molecule has 2 aromatic rings. The van der Waals surface area contributed by atoms with Gasteiger partial charge in [-0.15, -0.1) is 0 Å². The Morgan fingerprint density at radius 3 is 2.14 bits per heavy atom. The number of nitrogens with zero attached hydrogens (tertiary/aromatic N) is 3. The van der Waals surface area contributed by atoms with Gasteiger partial charge in [-0.3, -0.25) is 4.57 Å². The van der Waals surface area contributed by atoms with Gasteiger partial charge in [0.15, 0.2) is 0 Å². The van der Waals surface area contributed by atoms with Crippen LogP contribution in [0.4, 0.5) is 5.69 Å². The quantitative estimate of drug-likeness (QED) is 0.705. The zero-order valence-corrected chi connectivity index (χ0v) is 13.9. The molecule has 0 fully saturated rings. The van der Waals surface area contributed by atoms with Crippen molar-refractivity contribution in [1.29, 1.82) is 0 Å². The van der Waals surface area contributed by atoms with Crippen LogP contribution in [0.3, 0.4) is 0 Å². The van der Waals surface area contributed by atoms with Gasteiger partial charge in [0.05, 0.1) is 17.4 Å². The summed E-state index contributed by atoms with van der Waals surface area (Å²) < 4.78 is 2.24. The highest BCUT2D eigenvalue weighted by Gasteiger charge is 2.43. The van der Waals surface area contributed by atoms with E-state index in [1.807, 2.05) is 6.20 Å². The molecule has 1 aliphatic heterocycles. The fourth-order valence-electron chi connectivity index (χ4n) is 3.37. The molecule has 3 rings (SSSR count). The van der Waals surface area contributed by atoms with E-state index in [9.17, 15) is 0 Å². The first-order valence-corrected chi connectivity index (χ1v) is 7.63. The lowest BCUT2D eigenvalue weighted by atomic mass is 9.81. The number of hydrogen-bond acceptors (Lipinski definition) is 2. The van der Waals surface area contributed by atoms with Crippen LogP contribution in [0.1, 0.15) is 53.4 Å². The van der Waals surface area contributed by atoms with E-state index in [0.29, 0.717) is 0 Å². The van der Waals surface area contributed by atoms with E-state index in [2.05, 4.69) is 86.5 Å². The molecular formula is C18H25N3. The van der Waals surface area contributed by atoms with Gasteiger partial charge in [-0.25, -0.2) is 4.98 Å². The summed E-state index contributed by atoms with van der Waals surface area (Å²) in [7, 11) is 0. The minimum atomic E-state index is 0.0330. The topological polar surface area (TPSA) is 21.1 Å². The third-order valence-corrected chi connectivity index (χ3v) is 4.12. The number of imidazole rings is 1. The molecule has 0 bridgehead atoms. The molecule has 0 N–H and O–H groups in total. The number of fused-ring (bicyclic) bond motifs is 3. The molecule has 1 aromatic carbocycles. The minimum Gasteiger partial charge on any atom is -0.354 e. The maximum atomic E-state index is 4.69. The molecule has 0 radical (unpaired) electrons. The van der Waals surface area contributed by atoms with Crippen molar-refractivity contribution < 1.29 is 0 Å². The fourth-order valence-corrected chi connectivity index (χ4v) is 3.37. The van der Waals surface area contributed by atoms with E-state index >= 15 is 0 Å². The Kier molecular flexibility index (Phi) is 2.94. The number of aromatic nitrogens is 2. The maximum Gasteiger partial charge on any atom is 0.136 e. The predicted octanol–water partition coefficient (Wildman–Crippen LogP) is 4.58. The van der Waals surface area contributed by atoms with Gasteiger partial charge in [0, 0.05) is 17.9 Å². The number of hydrogen-bond donors (Lipinski definition) is 0.